The van der Waals surface area contributed by atoms with Gasteiger partial charge in [0.25, 0.3) is 5.91 Å². The van der Waals surface area contributed by atoms with Crippen molar-refractivity contribution in [2.24, 2.45) is 0 Å². The van der Waals surface area contributed by atoms with Gasteiger partial charge in [0.2, 0.25) is 0 Å². The van der Waals surface area contributed by atoms with E-state index in [1.165, 1.54) is 0 Å². The first-order valence-electron chi connectivity index (χ1n) is 8.32. The number of carbonyl (C=O) groups is 1. The molecule has 0 saturated carbocycles. The predicted octanol–water partition coefficient (Wildman–Crippen LogP) is 3.63. The zero-order valence-electron chi connectivity index (χ0n) is 14.5. The smallest absolute Gasteiger partial charge is 0.255 e. The number of aromatic nitrogens is 2. The Morgan fingerprint density at radius 1 is 1.15 bits per heavy atom. The number of halogens is 1. The van der Waals surface area contributed by atoms with Crippen LogP contribution in [0.3, 0.4) is 0 Å². The lowest BCUT2D eigenvalue weighted by Crippen LogP contribution is -2.27. The summed E-state index contributed by atoms with van der Waals surface area (Å²) in [4.78, 5) is 12.6. The van der Waals surface area contributed by atoms with Gasteiger partial charge in [-0.15, -0.1) is 0 Å². The molecule has 0 aliphatic heterocycles. The molecule has 0 atom stereocenters. The first-order valence-corrected chi connectivity index (χ1v) is 8.69. The van der Waals surface area contributed by atoms with Gasteiger partial charge in [0.1, 0.15) is 5.69 Å². The molecular weight excluding hydrogens is 350 g/mol. The van der Waals surface area contributed by atoms with Gasteiger partial charge < -0.3 is 10.1 Å². The molecule has 6 heteroatoms. The number of nitrogens with one attached hydrogen (secondary N) is 1. The molecule has 0 spiro atoms. The lowest BCUT2D eigenvalue weighted by Gasteiger charge is -2.04. The Labute approximate surface area is 157 Å². The van der Waals surface area contributed by atoms with Crippen molar-refractivity contribution in [1.82, 2.24) is 15.1 Å². The molecule has 0 aliphatic rings. The quantitative estimate of drug-likeness (QED) is 0.647. The molecule has 2 aromatic carbocycles. The van der Waals surface area contributed by atoms with Crippen LogP contribution in [0.1, 0.15) is 15.9 Å². The maximum absolute atomic E-state index is 12.6. The number of hydrogen-bond acceptors (Lipinski definition) is 3. The van der Waals surface area contributed by atoms with E-state index in [1.54, 1.807) is 30.1 Å². The van der Waals surface area contributed by atoms with Crippen molar-refractivity contribution in [1.29, 1.82) is 0 Å². The minimum Gasteiger partial charge on any atom is -0.383 e. The standard InChI is InChI=1S/C20H20ClN3O2/c1-26-12-11-22-20(25)18-14-24(13-15-5-3-2-4-6-15)23-19(18)16-7-9-17(21)10-8-16/h2-10,14H,11-13H2,1H3,(H,22,25). The van der Waals surface area contributed by atoms with Gasteiger partial charge in [-0.2, -0.15) is 5.10 Å². The van der Waals surface area contributed by atoms with Crippen LogP contribution in [-0.2, 0) is 11.3 Å². The third-order valence-electron chi connectivity index (χ3n) is 3.90. The SMILES string of the molecule is COCCNC(=O)c1cn(Cc2ccccc2)nc1-c1ccc(Cl)cc1. The lowest BCUT2D eigenvalue weighted by atomic mass is 10.1. The fourth-order valence-corrected chi connectivity index (χ4v) is 2.75. The Hall–Kier alpha value is -2.63. The number of nitrogens with zero attached hydrogens (tertiary/aromatic N) is 2. The fraction of sp³-hybridized carbons (Fsp3) is 0.200. The van der Waals surface area contributed by atoms with Crippen LogP contribution >= 0.6 is 11.6 Å². The van der Waals surface area contributed by atoms with E-state index >= 15 is 0 Å². The van der Waals surface area contributed by atoms with Crippen LogP contribution in [-0.4, -0.2) is 35.9 Å². The van der Waals surface area contributed by atoms with Crippen LogP contribution in [0.15, 0.2) is 60.8 Å². The van der Waals surface area contributed by atoms with Gasteiger partial charge in [-0.05, 0) is 17.7 Å². The molecule has 0 fully saturated rings. The molecule has 1 amide bonds. The summed E-state index contributed by atoms with van der Waals surface area (Å²) in [6.45, 7) is 1.49. The van der Waals surface area contributed by atoms with Crippen molar-refractivity contribution in [2.45, 2.75) is 6.54 Å². The summed E-state index contributed by atoms with van der Waals surface area (Å²) < 4.78 is 6.77. The van der Waals surface area contributed by atoms with Crippen LogP contribution < -0.4 is 5.32 Å². The fourth-order valence-electron chi connectivity index (χ4n) is 2.62. The number of rotatable bonds is 7. The van der Waals surface area contributed by atoms with Gasteiger partial charge in [0.05, 0.1) is 18.7 Å². The maximum Gasteiger partial charge on any atom is 0.255 e. The van der Waals surface area contributed by atoms with Crippen molar-refractivity contribution in [3.8, 4) is 11.3 Å². The van der Waals surface area contributed by atoms with Crippen LogP contribution in [0.4, 0.5) is 0 Å². The van der Waals surface area contributed by atoms with Crippen LogP contribution in [0, 0.1) is 0 Å². The summed E-state index contributed by atoms with van der Waals surface area (Å²) in [5.41, 5.74) is 3.12. The van der Waals surface area contributed by atoms with Crippen molar-refractivity contribution in [3.63, 3.8) is 0 Å². The van der Waals surface area contributed by atoms with E-state index in [0.29, 0.717) is 36.0 Å². The number of amides is 1. The minimum absolute atomic E-state index is 0.175. The molecule has 5 nitrogen and oxygen atoms in total. The Bertz CT molecular complexity index is 861. The van der Waals surface area contributed by atoms with Gasteiger partial charge in [0.15, 0.2) is 0 Å². The molecule has 0 bridgehead atoms. The van der Waals surface area contributed by atoms with Gasteiger partial charge in [-0.1, -0.05) is 54.1 Å². The first-order chi connectivity index (χ1) is 12.7. The van der Waals surface area contributed by atoms with Gasteiger partial charge in [-0.3, -0.25) is 9.48 Å². The molecule has 3 rings (SSSR count). The summed E-state index contributed by atoms with van der Waals surface area (Å²) in [6.07, 6.45) is 1.78. The summed E-state index contributed by atoms with van der Waals surface area (Å²) in [6, 6.07) is 17.3. The van der Waals surface area contributed by atoms with Gasteiger partial charge in [0, 0.05) is 30.4 Å². The largest absolute Gasteiger partial charge is 0.383 e. The van der Waals surface area contributed by atoms with E-state index < -0.39 is 0 Å². The molecule has 0 radical (unpaired) electrons. The number of ether oxygens (including phenoxy) is 1. The first kappa shape index (κ1) is 18.2. The van der Waals surface area contributed by atoms with Gasteiger partial charge >= 0.3 is 0 Å². The second-order valence-corrected chi connectivity index (χ2v) is 6.27. The molecule has 26 heavy (non-hydrogen) atoms. The zero-order valence-corrected chi connectivity index (χ0v) is 15.2. The second kappa shape index (κ2) is 8.65. The van der Waals surface area contributed by atoms with Crippen molar-refractivity contribution >= 4 is 17.5 Å². The van der Waals surface area contributed by atoms with Gasteiger partial charge in [-0.25, -0.2) is 0 Å². The Kier molecular flexibility index (Phi) is 6.04. The van der Waals surface area contributed by atoms with Crippen molar-refractivity contribution < 1.29 is 9.53 Å². The molecule has 1 N–H and O–H groups in total. The summed E-state index contributed by atoms with van der Waals surface area (Å²) in [7, 11) is 1.60. The summed E-state index contributed by atoms with van der Waals surface area (Å²) in [5, 5.41) is 8.13. The normalized spacial score (nSPS) is 10.7. The van der Waals surface area contributed by atoms with Crippen LogP contribution in [0.5, 0.6) is 0 Å². The van der Waals surface area contributed by atoms with Crippen molar-refractivity contribution in [3.05, 3.63) is 76.9 Å². The molecule has 0 unspecified atom stereocenters. The van der Waals surface area contributed by atoms with E-state index in [0.717, 1.165) is 11.1 Å². The van der Waals surface area contributed by atoms with E-state index in [4.69, 9.17) is 16.3 Å². The molecular formula is C20H20ClN3O2. The molecule has 1 aromatic heterocycles. The lowest BCUT2D eigenvalue weighted by molar-refractivity contribution is 0.0937. The topological polar surface area (TPSA) is 56.1 Å². The average Bonchev–Trinajstić information content (AvgIpc) is 3.07. The molecule has 0 aliphatic carbocycles. The number of hydrogen-bond donors (Lipinski definition) is 1. The van der Waals surface area contributed by atoms with E-state index in [9.17, 15) is 4.79 Å². The monoisotopic (exact) mass is 369 g/mol. The highest BCUT2D eigenvalue weighted by atomic mass is 35.5. The average molecular weight is 370 g/mol. The number of benzene rings is 2. The zero-order chi connectivity index (χ0) is 18.4. The van der Waals surface area contributed by atoms with Crippen molar-refractivity contribution in [2.75, 3.05) is 20.3 Å². The Morgan fingerprint density at radius 3 is 2.58 bits per heavy atom. The van der Waals surface area contributed by atoms with Crippen LogP contribution in [0.2, 0.25) is 5.02 Å². The third-order valence-corrected chi connectivity index (χ3v) is 4.16. The molecule has 3 aromatic rings. The molecule has 0 saturated heterocycles. The highest BCUT2D eigenvalue weighted by Crippen LogP contribution is 2.24. The summed E-state index contributed by atoms with van der Waals surface area (Å²) >= 11 is 5.98. The Morgan fingerprint density at radius 2 is 1.88 bits per heavy atom. The number of methoxy groups -OCH3 is 1. The van der Waals surface area contributed by atoms with E-state index in [1.807, 2.05) is 42.5 Å². The number of carbonyl (C=O) groups excluding carboxylic acids is 1. The predicted molar refractivity (Wildman–Crippen MR) is 102 cm³/mol. The van der Waals surface area contributed by atoms with E-state index in [2.05, 4.69) is 10.4 Å². The second-order valence-electron chi connectivity index (χ2n) is 5.83. The van der Waals surface area contributed by atoms with E-state index in [-0.39, 0.29) is 5.91 Å². The third kappa shape index (κ3) is 4.50. The maximum atomic E-state index is 12.6. The Balaban J connectivity index is 1.91. The highest BCUT2D eigenvalue weighted by Gasteiger charge is 2.18. The minimum atomic E-state index is -0.175. The molecule has 134 valence electrons. The van der Waals surface area contributed by atoms with Crippen LogP contribution in [0.25, 0.3) is 11.3 Å². The highest BCUT2D eigenvalue weighted by molar-refractivity contribution is 6.30. The molecule has 1 heterocycles. The summed E-state index contributed by atoms with van der Waals surface area (Å²) in [5.74, 6) is -0.175.